The summed E-state index contributed by atoms with van der Waals surface area (Å²) in [6.45, 7) is 2.97. The van der Waals surface area contributed by atoms with Crippen molar-refractivity contribution in [2.24, 2.45) is 0 Å². The maximum atomic E-state index is 5.35. The summed E-state index contributed by atoms with van der Waals surface area (Å²) in [5.41, 5.74) is 1.29. The minimum atomic E-state index is 0.540. The highest BCUT2D eigenvalue weighted by atomic mass is 16.5. The number of pyridine rings is 1. The number of fused-ring (bicyclic) bond motifs is 1. The third-order valence-electron chi connectivity index (χ3n) is 1.84. The topological polar surface area (TPSA) is 22.1 Å². The first-order valence-corrected chi connectivity index (χ1v) is 3.44. The van der Waals surface area contributed by atoms with Gasteiger partial charge in [-0.15, -0.1) is 0 Å². The lowest BCUT2D eigenvalue weighted by Gasteiger charge is -1.96. The molecule has 0 radical (unpaired) electrons. The van der Waals surface area contributed by atoms with Gasteiger partial charge in [0.2, 0.25) is 0 Å². The maximum Gasteiger partial charge on any atom is 0.141 e. The Morgan fingerprint density at radius 2 is 2.60 bits per heavy atom. The second-order valence-corrected chi connectivity index (χ2v) is 2.63. The van der Waals surface area contributed by atoms with E-state index in [4.69, 9.17) is 4.74 Å². The fraction of sp³-hybridized carbons (Fsp3) is 0.375. The molecular weight excluding hydrogens is 126 g/mol. The monoisotopic (exact) mass is 135 g/mol. The average molecular weight is 135 g/mol. The molecular formula is C8H9NO. The number of hydrogen-bond acceptors (Lipinski definition) is 2. The number of aromatic nitrogens is 1. The van der Waals surface area contributed by atoms with Gasteiger partial charge in [0.25, 0.3) is 0 Å². The van der Waals surface area contributed by atoms with E-state index in [2.05, 4.69) is 11.9 Å². The van der Waals surface area contributed by atoms with Crippen molar-refractivity contribution >= 4 is 0 Å². The molecule has 0 aromatic carbocycles. The van der Waals surface area contributed by atoms with Crippen LogP contribution in [0.4, 0.5) is 0 Å². The summed E-state index contributed by atoms with van der Waals surface area (Å²) >= 11 is 0. The van der Waals surface area contributed by atoms with E-state index in [0.29, 0.717) is 5.92 Å². The Bertz CT molecular complexity index is 247. The van der Waals surface area contributed by atoms with Crippen molar-refractivity contribution in [3.05, 3.63) is 24.0 Å². The van der Waals surface area contributed by atoms with Gasteiger partial charge in [-0.3, -0.25) is 4.98 Å². The lowest BCUT2D eigenvalue weighted by Crippen LogP contribution is -1.93. The van der Waals surface area contributed by atoms with Gasteiger partial charge >= 0.3 is 0 Å². The molecule has 1 aromatic rings. The van der Waals surface area contributed by atoms with Gasteiger partial charge in [-0.25, -0.2) is 0 Å². The first-order chi connectivity index (χ1) is 4.88. The molecule has 2 nitrogen and oxygen atoms in total. The molecule has 2 rings (SSSR count). The minimum Gasteiger partial charge on any atom is -0.491 e. The first kappa shape index (κ1) is 5.71. The molecule has 0 saturated heterocycles. The zero-order valence-corrected chi connectivity index (χ0v) is 5.87. The molecule has 0 fully saturated rings. The molecule has 2 heterocycles. The van der Waals surface area contributed by atoms with Crippen molar-refractivity contribution in [3.63, 3.8) is 0 Å². The highest BCUT2D eigenvalue weighted by Crippen LogP contribution is 2.31. The molecule has 1 atom stereocenters. The molecule has 0 unspecified atom stereocenters. The van der Waals surface area contributed by atoms with Gasteiger partial charge in [0.1, 0.15) is 5.75 Å². The Hall–Kier alpha value is -1.05. The molecule has 10 heavy (non-hydrogen) atoms. The van der Waals surface area contributed by atoms with Gasteiger partial charge in [0.15, 0.2) is 0 Å². The predicted molar refractivity (Wildman–Crippen MR) is 38.1 cm³/mol. The fourth-order valence-corrected chi connectivity index (χ4v) is 1.22. The van der Waals surface area contributed by atoms with Crippen LogP contribution >= 0.6 is 0 Å². The van der Waals surface area contributed by atoms with Crippen molar-refractivity contribution in [1.82, 2.24) is 4.98 Å². The van der Waals surface area contributed by atoms with Gasteiger partial charge in [0, 0.05) is 17.7 Å². The summed E-state index contributed by atoms with van der Waals surface area (Å²) in [7, 11) is 0. The van der Waals surface area contributed by atoms with E-state index in [-0.39, 0.29) is 0 Å². The number of rotatable bonds is 0. The van der Waals surface area contributed by atoms with E-state index >= 15 is 0 Å². The van der Waals surface area contributed by atoms with E-state index in [9.17, 15) is 0 Å². The molecule has 0 bridgehead atoms. The third-order valence-corrected chi connectivity index (χ3v) is 1.84. The Kier molecular flexibility index (Phi) is 1.13. The zero-order chi connectivity index (χ0) is 6.97. The van der Waals surface area contributed by atoms with Crippen LogP contribution in [-0.4, -0.2) is 11.6 Å². The Balaban J connectivity index is 2.51. The largest absolute Gasteiger partial charge is 0.491 e. The van der Waals surface area contributed by atoms with Gasteiger partial charge in [-0.2, -0.15) is 0 Å². The Morgan fingerprint density at radius 3 is 3.40 bits per heavy atom. The van der Waals surface area contributed by atoms with Gasteiger partial charge < -0.3 is 4.74 Å². The zero-order valence-electron chi connectivity index (χ0n) is 5.87. The lowest BCUT2D eigenvalue weighted by molar-refractivity contribution is 0.336. The molecule has 0 spiro atoms. The Morgan fingerprint density at radius 1 is 1.70 bits per heavy atom. The smallest absolute Gasteiger partial charge is 0.141 e. The molecule has 1 aliphatic rings. The molecule has 52 valence electrons. The fourth-order valence-electron chi connectivity index (χ4n) is 1.22. The van der Waals surface area contributed by atoms with Crippen LogP contribution in [0.2, 0.25) is 0 Å². The van der Waals surface area contributed by atoms with Crippen molar-refractivity contribution < 1.29 is 4.74 Å². The quantitative estimate of drug-likeness (QED) is 0.538. The summed E-state index contributed by atoms with van der Waals surface area (Å²) in [4.78, 5) is 3.97. The van der Waals surface area contributed by atoms with Gasteiger partial charge in [0.05, 0.1) is 12.8 Å². The summed E-state index contributed by atoms with van der Waals surface area (Å²) in [6, 6.07) is 2.02. The van der Waals surface area contributed by atoms with Crippen molar-refractivity contribution in [1.29, 1.82) is 0 Å². The highest BCUT2D eigenvalue weighted by molar-refractivity contribution is 5.36. The van der Waals surface area contributed by atoms with Crippen LogP contribution in [0.25, 0.3) is 0 Å². The van der Waals surface area contributed by atoms with Gasteiger partial charge in [-0.05, 0) is 6.07 Å². The molecule has 1 aromatic heterocycles. The van der Waals surface area contributed by atoms with E-state index in [1.165, 1.54) is 5.56 Å². The molecule has 0 aliphatic carbocycles. The second kappa shape index (κ2) is 1.97. The van der Waals surface area contributed by atoms with Crippen LogP contribution in [0.15, 0.2) is 18.5 Å². The highest BCUT2D eigenvalue weighted by Gasteiger charge is 2.18. The number of hydrogen-bond donors (Lipinski definition) is 0. The molecule has 1 aliphatic heterocycles. The second-order valence-electron chi connectivity index (χ2n) is 2.63. The van der Waals surface area contributed by atoms with Crippen LogP contribution in [-0.2, 0) is 0 Å². The van der Waals surface area contributed by atoms with E-state index in [1.54, 1.807) is 6.20 Å². The molecule has 0 saturated carbocycles. The number of nitrogens with zero attached hydrogens (tertiary/aromatic N) is 1. The Labute approximate surface area is 59.9 Å². The van der Waals surface area contributed by atoms with Crippen LogP contribution in [0.1, 0.15) is 18.4 Å². The molecule has 0 N–H and O–H groups in total. The van der Waals surface area contributed by atoms with Crippen molar-refractivity contribution in [3.8, 4) is 5.75 Å². The summed E-state index contributed by atoms with van der Waals surface area (Å²) in [5, 5.41) is 0. The first-order valence-electron chi connectivity index (χ1n) is 3.44. The van der Waals surface area contributed by atoms with Crippen molar-refractivity contribution in [2.75, 3.05) is 6.61 Å². The van der Waals surface area contributed by atoms with E-state index in [1.807, 2.05) is 12.3 Å². The van der Waals surface area contributed by atoms with Crippen LogP contribution in [0.3, 0.4) is 0 Å². The standard InChI is InChI=1S/C8H9NO/c1-6-5-10-8-4-9-3-2-7(6)8/h2-4,6H,5H2,1H3/t6-/m1/s1. The third kappa shape index (κ3) is 0.685. The van der Waals surface area contributed by atoms with Crippen LogP contribution in [0, 0.1) is 0 Å². The average Bonchev–Trinajstić information content (AvgIpc) is 2.34. The van der Waals surface area contributed by atoms with E-state index in [0.717, 1.165) is 12.4 Å². The SMILES string of the molecule is C[C@@H]1COc2cnccc21. The molecule has 2 heteroatoms. The predicted octanol–water partition coefficient (Wildman–Crippen LogP) is 1.58. The maximum absolute atomic E-state index is 5.35. The van der Waals surface area contributed by atoms with Crippen LogP contribution < -0.4 is 4.74 Å². The summed E-state index contributed by atoms with van der Waals surface area (Å²) < 4.78 is 5.35. The van der Waals surface area contributed by atoms with Crippen LogP contribution in [0.5, 0.6) is 5.75 Å². The van der Waals surface area contributed by atoms with Gasteiger partial charge in [-0.1, -0.05) is 6.92 Å². The van der Waals surface area contributed by atoms with Crippen molar-refractivity contribution in [2.45, 2.75) is 12.8 Å². The summed E-state index contributed by atoms with van der Waals surface area (Å²) in [5.74, 6) is 1.49. The normalized spacial score (nSPS) is 21.9. The minimum absolute atomic E-state index is 0.540. The lowest BCUT2D eigenvalue weighted by atomic mass is 10.1. The van der Waals surface area contributed by atoms with E-state index < -0.39 is 0 Å². The molecule has 0 amide bonds. The number of ether oxygens (including phenoxy) is 1. The summed E-state index contributed by atoms with van der Waals surface area (Å²) in [6.07, 6.45) is 3.59.